The summed E-state index contributed by atoms with van der Waals surface area (Å²) in [6.07, 6.45) is 2.49. The largest absolute Gasteiger partial charge is 0.377 e. The van der Waals surface area contributed by atoms with Crippen molar-refractivity contribution in [1.29, 1.82) is 0 Å². The first kappa shape index (κ1) is 10.5. The predicted molar refractivity (Wildman–Crippen MR) is 50.3 cm³/mol. The van der Waals surface area contributed by atoms with E-state index in [0.29, 0.717) is 6.54 Å². The highest BCUT2D eigenvalue weighted by atomic mass is 16.5. The first-order valence-corrected chi connectivity index (χ1v) is 4.84. The number of piperidine rings is 1. The van der Waals surface area contributed by atoms with Crippen LogP contribution in [0.25, 0.3) is 0 Å². The number of nitrogens with zero attached hydrogens (tertiary/aromatic N) is 1. The zero-order valence-corrected chi connectivity index (χ0v) is 8.16. The maximum Gasteiger partial charge on any atom is 0.231 e. The van der Waals surface area contributed by atoms with Gasteiger partial charge in [-0.3, -0.25) is 9.69 Å². The molecule has 0 aromatic carbocycles. The number of carbonyl (C=O) groups excluding carboxylic acids is 1. The Bertz CT molecular complexity index is 171. The summed E-state index contributed by atoms with van der Waals surface area (Å²) in [5.41, 5.74) is 5.12. The summed E-state index contributed by atoms with van der Waals surface area (Å²) in [7, 11) is 0. The Morgan fingerprint density at radius 2 is 2.46 bits per heavy atom. The van der Waals surface area contributed by atoms with Gasteiger partial charge in [0, 0.05) is 13.2 Å². The topological polar surface area (TPSA) is 55.6 Å². The van der Waals surface area contributed by atoms with Crippen molar-refractivity contribution in [3.63, 3.8) is 0 Å². The van der Waals surface area contributed by atoms with Crippen molar-refractivity contribution in [3.8, 4) is 0 Å². The molecule has 1 heterocycles. The summed E-state index contributed by atoms with van der Waals surface area (Å²) in [5.74, 6) is -0.253. The molecule has 76 valence electrons. The second kappa shape index (κ2) is 5.19. The fourth-order valence-electron chi connectivity index (χ4n) is 1.75. The van der Waals surface area contributed by atoms with Crippen molar-refractivity contribution in [2.75, 3.05) is 26.2 Å². The van der Waals surface area contributed by atoms with Gasteiger partial charge in [-0.05, 0) is 26.3 Å². The maximum absolute atomic E-state index is 10.7. The molecule has 1 fully saturated rings. The van der Waals surface area contributed by atoms with Crippen LogP contribution in [-0.2, 0) is 9.53 Å². The number of carbonyl (C=O) groups is 1. The zero-order valence-electron chi connectivity index (χ0n) is 8.16. The molecule has 1 saturated heterocycles. The highest BCUT2D eigenvalue weighted by Crippen LogP contribution is 2.12. The molecule has 2 N–H and O–H groups in total. The summed E-state index contributed by atoms with van der Waals surface area (Å²) in [5, 5.41) is 0. The molecular formula is C9H18N2O2. The molecule has 0 aromatic heterocycles. The van der Waals surface area contributed by atoms with Crippen LogP contribution < -0.4 is 5.73 Å². The van der Waals surface area contributed by atoms with Crippen LogP contribution in [0.5, 0.6) is 0 Å². The Hall–Kier alpha value is -0.610. The molecule has 4 heteroatoms. The van der Waals surface area contributed by atoms with E-state index in [1.807, 2.05) is 6.92 Å². The molecule has 0 spiro atoms. The van der Waals surface area contributed by atoms with E-state index in [2.05, 4.69) is 4.90 Å². The Balaban J connectivity index is 2.28. The SMILES string of the molecule is CCOC1CCCN(CC(N)=O)C1. The van der Waals surface area contributed by atoms with Crippen LogP contribution in [0.15, 0.2) is 0 Å². The van der Waals surface area contributed by atoms with Crippen molar-refractivity contribution in [2.24, 2.45) is 5.73 Å². The third-order valence-corrected chi connectivity index (χ3v) is 2.24. The van der Waals surface area contributed by atoms with Crippen LogP contribution in [0, 0.1) is 0 Å². The molecule has 1 aliphatic rings. The summed E-state index contributed by atoms with van der Waals surface area (Å²) in [4.78, 5) is 12.7. The quantitative estimate of drug-likeness (QED) is 0.671. The monoisotopic (exact) mass is 186 g/mol. The van der Waals surface area contributed by atoms with Crippen molar-refractivity contribution >= 4 is 5.91 Å². The van der Waals surface area contributed by atoms with E-state index in [1.54, 1.807) is 0 Å². The number of rotatable bonds is 4. The lowest BCUT2D eigenvalue weighted by atomic mass is 10.1. The number of nitrogens with two attached hydrogens (primary N) is 1. The zero-order chi connectivity index (χ0) is 9.68. The Morgan fingerprint density at radius 1 is 1.69 bits per heavy atom. The standard InChI is InChI=1S/C9H18N2O2/c1-2-13-8-4-3-5-11(6-8)7-9(10)12/h8H,2-7H2,1H3,(H2,10,12). The average Bonchev–Trinajstić information content (AvgIpc) is 2.04. The van der Waals surface area contributed by atoms with Crippen LogP contribution >= 0.6 is 0 Å². The van der Waals surface area contributed by atoms with E-state index < -0.39 is 0 Å². The molecule has 0 saturated carbocycles. The number of amides is 1. The normalized spacial score (nSPS) is 24.5. The van der Waals surface area contributed by atoms with E-state index in [-0.39, 0.29) is 12.0 Å². The summed E-state index contributed by atoms with van der Waals surface area (Å²) < 4.78 is 5.50. The van der Waals surface area contributed by atoms with Gasteiger partial charge in [-0.2, -0.15) is 0 Å². The predicted octanol–water partition coefficient (Wildman–Crippen LogP) is -0.0274. The van der Waals surface area contributed by atoms with E-state index >= 15 is 0 Å². The molecule has 1 unspecified atom stereocenters. The molecule has 0 aliphatic carbocycles. The number of ether oxygens (including phenoxy) is 1. The molecule has 1 amide bonds. The van der Waals surface area contributed by atoms with Crippen molar-refractivity contribution in [3.05, 3.63) is 0 Å². The molecule has 0 radical (unpaired) electrons. The minimum Gasteiger partial charge on any atom is -0.377 e. The Kier molecular flexibility index (Phi) is 4.18. The van der Waals surface area contributed by atoms with E-state index in [0.717, 1.165) is 32.5 Å². The fraction of sp³-hybridized carbons (Fsp3) is 0.889. The molecule has 1 aliphatic heterocycles. The molecule has 0 bridgehead atoms. The minimum atomic E-state index is -0.253. The van der Waals surface area contributed by atoms with Gasteiger partial charge in [0.15, 0.2) is 0 Å². The van der Waals surface area contributed by atoms with Crippen LogP contribution in [-0.4, -0.2) is 43.2 Å². The van der Waals surface area contributed by atoms with Gasteiger partial charge in [-0.15, -0.1) is 0 Å². The average molecular weight is 186 g/mol. The van der Waals surface area contributed by atoms with Gasteiger partial charge < -0.3 is 10.5 Å². The van der Waals surface area contributed by atoms with Crippen molar-refractivity contribution < 1.29 is 9.53 Å². The second-order valence-corrected chi connectivity index (χ2v) is 3.42. The summed E-state index contributed by atoms with van der Waals surface area (Å²) >= 11 is 0. The van der Waals surface area contributed by atoms with Crippen LogP contribution in [0.1, 0.15) is 19.8 Å². The lowest BCUT2D eigenvalue weighted by molar-refractivity contribution is -0.120. The lowest BCUT2D eigenvalue weighted by Gasteiger charge is -2.31. The number of hydrogen-bond acceptors (Lipinski definition) is 3. The lowest BCUT2D eigenvalue weighted by Crippen LogP contribution is -2.43. The number of likely N-dealkylation sites (tertiary alicyclic amines) is 1. The van der Waals surface area contributed by atoms with E-state index in [9.17, 15) is 4.79 Å². The molecular weight excluding hydrogens is 168 g/mol. The highest BCUT2D eigenvalue weighted by molar-refractivity contribution is 5.75. The van der Waals surface area contributed by atoms with Gasteiger partial charge in [-0.25, -0.2) is 0 Å². The van der Waals surface area contributed by atoms with Gasteiger partial charge in [0.05, 0.1) is 12.6 Å². The summed E-state index contributed by atoms with van der Waals surface area (Å²) in [6.45, 7) is 4.91. The molecule has 1 atom stereocenters. The maximum atomic E-state index is 10.7. The van der Waals surface area contributed by atoms with Gasteiger partial charge >= 0.3 is 0 Å². The second-order valence-electron chi connectivity index (χ2n) is 3.42. The smallest absolute Gasteiger partial charge is 0.231 e. The number of primary amides is 1. The van der Waals surface area contributed by atoms with Crippen molar-refractivity contribution in [1.82, 2.24) is 4.90 Å². The van der Waals surface area contributed by atoms with Gasteiger partial charge in [-0.1, -0.05) is 0 Å². The van der Waals surface area contributed by atoms with Crippen LogP contribution in [0.4, 0.5) is 0 Å². The molecule has 13 heavy (non-hydrogen) atoms. The molecule has 4 nitrogen and oxygen atoms in total. The first-order valence-electron chi connectivity index (χ1n) is 4.84. The van der Waals surface area contributed by atoms with E-state index in [4.69, 9.17) is 10.5 Å². The van der Waals surface area contributed by atoms with E-state index in [1.165, 1.54) is 0 Å². The third-order valence-electron chi connectivity index (χ3n) is 2.24. The van der Waals surface area contributed by atoms with Gasteiger partial charge in [0.2, 0.25) is 5.91 Å². The van der Waals surface area contributed by atoms with Crippen LogP contribution in [0.2, 0.25) is 0 Å². The Labute approximate surface area is 79.0 Å². The van der Waals surface area contributed by atoms with Crippen molar-refractivity contribution in [2.45, 2.75) is 25.9 Å². The fourth-order valence-corrected chi connectivity index (χ4v) is 1.75. The first-order chi connectivity index (χ1) is 6.22. The number of hydrogen-bond donors (Lipinski definition) is 1. The molecule has 1 rings (SSSR count). The van der Waals surface area contributed by atoms with Crippen LogP contribution in [0.3, 0.4) is 0 Å². The molecule has 0 aromatic rings. The van der Waals surface area contributed by atoms with Gasteiger partial charge in [0.1, 0.15) is 0 Å². The summed E-state index contributed by atoms with van der Waals surface area (Å²) in [6, 6.07) is 0. The minimum absolute atomic E-state index is 0.253. The highest BCUT2D eigenvalue weighted by Gasteiger charge is 2.20. The third kappa shape index (κ3) is 3.74. The Morgan fingerprint density at radius 3 is 3.08 bits per heavy atom. The van der Waals surface area contributed by atoms with Gasteiger partial charge in [0.25, 0.3) is 0 Å².